The largest absolute Gasteiger partial charge is 0.311 e. The quantitative estimate of drug-likeness (QED) is 0.499. The number of amides is 2. The van der Waals surface area contributed by atoms with Gasteiger partial charge in [-0.2, -0.15) is 0 Å². The van der Waals surface area contributed by atoms with E-state index in [0.717, 1.165) is 47.1 Å². The van der Waals surface area contributed by atoms with Crippen LogP contribution in [-0.4, -0.2) is 35.0 Å². The van der Waals surface area contributed by atoms with E-state index in [1.807, 2.05) is 53.4 Å². The third-order valence-electron chi connectivity index (χ3n) is 6.07. The average Bonchev–Trinajstić information content (AvgIpc) is 3.22. The number of likely N-dealkylation sites (N-methyl/N-ethyl adjacent to an activating group) is 1. The number of para-hydroxylation sites is 1. The number of nitrogens with zero attached hydrogens (tertiary/aromatic N) is 3. The predicted molar refractivity (Wildman–Crippen MR) is 129 cm³/mol. The second-order valence-electron chi connectivity index (χ2n) is 8.03. The van der Waals surface area contributed by atoms with Gasteiger partial charge in [-0.1, -0.05) is 53.4 Å². The van der Waals surface area contributed by atoms with E-state index in [-0.39, 0.29) is 17.9 Å². The Morgan fingerprint density at radius 1 is 1.00 bits per heavy atom. The fraction of sp³-hybridized carbons (Fsp3) is 0.292. The molecule has 1 aliphatic carbocycles. The van der Waals surface area contributed by atoms with Crippen molar-refractivity contribution in [3.8, 4) is 0 Å². The zero-order chi connectivity index (χ0) is 21.5. The molecule has 2 aliphatic heterocycles. The number of halogens is 1. The van der Waals surface area contributed by atoms with Gasteiger partial charge in [0.05, 0.1) is 21.9 Å². The van der Waals surface area contributed by atoms with E-state index in [0.29, 0.717) is 15.6 Å². The molecular formula is C24H22BrN3O2S. The summed E-state index contributed by atoms with van der Waals surface area (Å²) in [6.07, 6.45) is 5.37. The molecule has 0 atom stereocenters. The van der Waals surface area contributed by atoms with Gasteiger partial charge >= 0.3 is 0 Å². The Kier molecular flexibility index (Phi) is 5.48. The molecule has 0 radical (unpaired) electrons. The monoisotopic (exact) mass is 495 g/mol. The van der Waals surface area contributed by atoms with Crippen molar-refractivity contribution in [3.05, 3.63) is 63.5 Å². The lowest BCUT2D eigenvalue weighted by atomic mass is 9.94. The Balaban J connectivity index is 1.64. The second kappa shape index (κ2) is 8.28. The maximum Gasteiger partial charge on any atom is 0.267 e. The molecule has 2 heterocycles. The van der Waals surface area contributed by atoms with Crippen molar-refractivity contribution in [1.82, 2.24) is 4.90 Å². The Morgan fingerprint density at radius 3 is 2.48 bits per heavy atom. The maximum atomic E-state index is 13.7. The molecule has 5 nitrogen and oxygen atoms in total. The summed E-state index contributed by atoms with van der Waals surface area (Å²) in [4.78, 5) is 35.7. The lowest BCUT2D eigenvalue weighted by Gasteiger charge is -2.30. The number of anilines is 1. The van der Waals surface area contributed by atoms with Crippen LogP contribution in [-0.2, 0) is 9.59 Å². The van der Waals surface area contributed by atoms with Crippen LogP contribution in [0.3, 0.4) is 0 Å². The van der Waals surface area contributed by atoms with E-state index in [2.05, 4.69) is 15.9 Å². The van der Waals surface area contributed by atoms with Gasteiger partial charge < -0.3 is 4.90 Å². The minimum atomic E-state index is -0.145. The summed E-state index contributed by atoms with van der Waals surface area (Å²) >= 11 is 4.84. The molecule has 7 heteroatoms. The molecule has 3 aliphatic rings. The second-order valence-corrected chi connectivity index (χ2v) is 9.92. The van der Waals surface area contributed by atoms with Crippen LogP contribution < -0.4 is 4.90 Å². The van der Waals surface area contributed by atoms with Crippen molar-refractivity contribution >= 4 is 61.6 Å². The molecule has 2 fully saturated rings. The van der Waals surface area contributed by atoms with Crippen molar-refractivity contribution in [2.24, 2.45) is 4.99 Å². The molecule has 0 bridgehead atoms. The summed E-state index contributed by atoms with van der Waals surface area (Å²) in [5, 5.41) is 0.671. The van der Waals surface area contributed by atoms with Crippen molar-refractivity contribution in [1.29, 1.82) is 0 Å². The fourth-order valence-corrected chi connectivity index (χ4v) is 6.01. The van der Waals surface area contributed by atoms with Gasteiger partial charge in [-0.3, -0.25) is 14.5 Å². The molecule has 0 aromatic heterocycles. The van der Waals surface area contributed by atoms with Crippen LogP contribution in [0.15, 0.2) is 62.9 Å². The molecule has 5 rings (SSSR count). The van der Waals surface area contributed by atoms with Crippen molar-refractivity contribution in [3.63, 3.8) is 0 Å². The first-order chi connectivity index (χ1) is 15.0. The minimum absolute atomic E-state index is 0.101. The molecule has 2 aromatic rings. The number of hydrogen-bond acceptors (Lipinski definition) is 4. The van der Waals surface area contributed by atoms with Crippen molar-refractivity contribution < 1.29 is 9.59 Å². The Bertz CT molecular complexity index is 1120. The van der Waals surface area contributed by atoms with Crippen LogP contribution in [0, 0.1) is 0 Å². The number of fused-ring (bicyclic) bond motifs is 1. The average molecular weight is 496 g/mol. The summed E-state index contributed by atoms with van der Waals surface area (Å²) < 4.78 is 0.880. The number of carbonyl (C=O) groups excluding carboxylic acids is 2. The number of rotatable bonds is 2. The first-order valence-electron chi connectivity index (χ1n) is 10.5. The van der Waals surface area contributed by atoms with Gasteiger partial charge in [-0.15, -0.1) is 0 Å². The molecule has 0 N–H and O–H groups in total. The minimum Gasteiger partial charge on any atom is -0.311 e. The summed E-state index contributed by atoms with van der Waals surface area (Å²) in [5.74, 6) is -0.246. The van der Waals surface area contributed by atoms with Crippen LogP contribution in [0.1, 0.15) is 37.7 Å². The van der Waals surface area contributed by atoms with Crippen molar-refractivity contribution in [2.75, 3.05) is 11.9 Å². The van der Waals surface area contributed by atoms with E-state index in [1.165, 1.54) is 18.2 Å². The first kappa shape index (κ1) is 20.5. The summed E-state index contributed by atoms with van der Waals surface area (Å²) in [6.45, 7) is 0. The van der Waals surface area contributed by atoms with Gasteiger partial charge in [-0.25, -0.2) is 4.99 Å². The van der Waals surface area contributed by atoms with E-state index < -0.39 is 0 Å². The summed E-state index contributed by atoms with van der Waals surface area (Å²) in [5.41, 5.74) is 2.90. The maximum absolute atomic E-state index is 13.7. The van der Waals surface area contributed by atoms with Crippen LogP contribution in [0.25, 0.3) is 5.57 Å². The Hall–Kier alpha value is -2.38. The zero-order valence-electron chi connectivity index (χ0n) is 17.2. The summed E-state index contributed by atoms with van der Waals surface area (Å²) in [6, 6.07) is 15.6. The predicted octanol–water partition coefficient (Wildman–Crippen LogP) is 5.73. The molecular weight excluding hydrogens is 474 g/mol. The van der Waals surface area contributed by atoms with Gasteiger partial charge in [0.1, 0.15) is 0 Å². The third-order valence-corrected chi connectivity index (χ3v) is 7.61. The van der Waals surface area contributed by atoms with E-state index in [1.54, 1.807) is 11.9 Å². The van der Waals surface area contributed by atoms with Gasteiger partial charge in [0.15, 0.2) is 5.17 Å². The highest BCUT2D eigenvalue weighted by molar-refractivity contribution is 9.10. The number of aliphatic imine (C=N–C) groups is 1. The molecule has 2 aromatic carbocycles. The van der Waals surface area contributed by atoms with E-state index >= 15 is 0 Å². The molecule has 1 saturated heterocycles. The van der Waals surface area contributed by atoms with E-state index in [9.17, 15) is 9.59 Å². The van der Waals surface area contributed by atoms with Gasteiger partial charge in [-0.05, 0) is 54.9 Å². The Morgan fingerprint density at radius 2 is 1.74 bits per heavy atom. The van der Waals surface area contributed by atoms with Crippen LogP contribution >= 0.6 is 27.7 Å². The number of amidine groups is 1. The first-order valence-corrected chi connectivity index (χ1v) is 12.1. The molecule has 31 heavy (non-hydrogen) atoms. The normalized spacial score (nSPS) is 23.2. The molecule has 0 unspecified atom stereocenters. The topological polar surface area (TPSA) is 53.0 Å². The number of benzene rings is 2. The highest BCUT2D eigenvalue weighted by Gasteiger charge is 2.44. The molecule has 2 amide bonds. The highest BCUT2D eigenvalue weighted by Crippen LogP contribution is 2.46. The molecule has 1 saturated carbocycles. The van der Waals surface area contributed by atoms with Gasteiger partial charge in [0.25, 0.3) is 11.8 Å². The smallest absolute Gasteiger partial charge is 0.267 e. The van der Waals surface area contributed by atoms with Gasteiger partial charge in [0.2, 0.25) is 0 Å². The lowest BCUT2D eigenvalue weighted by Crippen LogP contribution is -2.40. The lowest BCUT2D eigenvalue weighted by molar-refractivity contribution is -0.124. The Labute approximate surface area is 194 Å². The molecule has 158 valence electrons. The standard InChI is InChI=1S/C24H22BrN3O2S/c1-27-19-13-12-15(25)14-18(19)20(22(27)29)21-23(30)28(17-10-6-3-7-11-17)24(31-21)26-16-8-4-2-5-9-16/h2,4-5,8-9,12-14,17H,3,6-7,10-11H2,1H3/b21-20-,26-24?. The zero-order valence-corrected chi connectivity index (χ0v) is 19.6. The highest BCUT2D eigenvalue weighted by atomic mass is 79.9. The van der Waals surface area contributed by atoms with Crippen molar-refractivity contribution in [2.45, 2.75) is 38.1 Å². The number of hydrogen-bond donors (Lipinski definition) is 0. The molecule has 0 spiro atoms. The SMILES string of the molecule is CN1C(=O)/C(=C2\SC(=Nc3ccccc3)N(C3CCCCC3)C2=O)c2cc(Br)ccc21. The third kappa shape index (κ3) is 3.64. The van der Waals surface area contributed by atoms with Crippen LogP contribution in [0.2, 0.25) is 0 Å². The number of carbonyl (C=O) groups is 2. The van der Waals surface area contributed by atoms with Crippen LogP contribution in [0.5, 0.6) is 0 Å². The van der Waals surface area contributed by atoms with E-state index in [4.69, 9.17) is 4.99 Å². The summed E-state index contributed by atoms with van der Waals surface area (Å²) in [7, 11) is 1.75. The number of thioether (sulfide) groups is 1. The van der Waals surface area contributed by atoms with Crippen LogP contribution in [0.4, 0.5) is 11.4 Å². The van der Waals surface area contributed by atoms with Gasteiger partial charge in [0, 0.05) is 23.1 Å². The fourth-order valence-electron chi connectivity index (χ4n) is 4.50.